The van der Waals surface area contributed by atoms with Gasteiger partial charge in [0.05, 0.1) is 5.57 Å². The van der Waals surface area contributed by atoms with Crippen molar-refractivity contribution in [2.24, 2.45) is 28.1 Å². The molecular formula is C22H29NO2. The molecule has 0 unspecified atom stereocenters. The van der Waals surface area contributed by atoms with Crippen molar-refractivity contribution in [3.8, 4) is 6.07 Å². The van der Waals surface area contributed by atoms with Crippen LogP contribution >= 0.6 is 0 Å². The van der Waals surface area contributed by atoms with E-state index in [1.807, 2.05) is 26.0 Å². The van der Waals surface area contributed by atoms with E-state index >= 15 is 0 Å². The number of Topliss-reactive ketones (excluding diaryl/α,β-unsaturated/α-hetero) is 1. The molecule has 0 aromatic carbocycles. The van der Waals surface area contributed by atoms with Crippen molar-refractivity contribution in [3.05, 3.63) is 23.3 Å². The van der Waals surface area contributed by atoms with Crippen LogP contribution in [0.3, 0.4) is 0 Å². The van der Waals surface area contributed by atoms with E-state index in [1.165, 1.54) is 0 Å². The number of hydrogen-bond donors (Lipinski definition) is 0. The zero-order valence-corrected chi connectivity index (χ0v) is 16.1. The van der Waals surface area contributed by atoms with Gasteiger partial charge in [0.2, 0.25) is 0 Å². The Balaban J connectivity index is 2.17. The van der Waals surface area contributed by atoms with E-state index in [0.717, 1.165) is 37.7 Å². The number of rotatable bonds is 2. The molecule has 0 aliphatic heterocycles. The number of carbonyl (C=O) groups is 2. The molecule has 3 aliphatic rings. The van der Waals surface area contributed by atoms with E-state index in [4.69, 9.17) is 0 Å². The molecule has 0 heterocycles. The van der Waals surface area contributed by atoms with Gasteiger partial charge in [-0.1, -0.05) is 52.7 Å². The van der Waals surface area contributed by atoms with Crippen molar-refractivity contribution < 1.29 is 9.59 Å². The summed E-state index contributed by atoms with van der Waals surface area (Å²) in [4.78, 5) is 25.5. The lowest BCUT2D eigenvalue weighted by Gasteiger charge is -2.58. The quantitative estimate of drug-likeness (QED) is 0.727. The summed E-state index contributed by atoms with van der Waals surface area (Å²) in [6.07, 6.45) is 8.61. The summed E-state index contributed by atoms with van der Waals surface area (Å²) in [5.41, 5.74) is 0.452. The summed E-state index contributed by atoms with van der Waals surface area (Å²) in [5.74, 6) is 0.446. The third-order valence-electron chi connectivity index (χ3n) is 7.23. The maximum Gasteiger partial charge on any atom is 0.178 e. The lowest BCUT2D eigenvalue weighted by Crippen LogP contribution is -2.54. The number of nitriles is 1. The Labute approximate surface area is 151 Å². The average Bonchev–Trinajstić information content (AvgIpc) is 2.53. The molecule has 0 aromatic heterocycles. The molecule has 1 fully saturated rings. The second kappa shape index (κ2) is 5.66. The zero-order valence-electron chi connectivity index (χ0n) is 16.1. The maximum absolute atomic E-state index is 12.7. The van der Waals surface area contributed by atoms with Crippen molar-refractivity contribution in [2.45, 2.75) is 66.7 Å². The lowest BCUT2D eigenvalue weighted by atomic mass is 9.44. The van der Waals surface area contributed by atoms with Gasteiger partial charge in [-0.25, -0.2) is 0 Å². The molecule has 25 heavy (non-hydrogen) atoms. The second-order valence-corrected chi connectivity index (χ2v) is 9.31. The molecule has 1 saturated carbocycles. The molecule has 0 amide bonds. The van der Waals surface area contributed by atoms with Gasteiger partial charge in [-0.15, -0.1) is 0 Å². The van der Waals surface area contributed by atoms with E-state index in [-0.39, 0.29) is 39.8 Å². The minimum absolute atomic E-state index is 0.00741. The number of hydrogen-bond acceptors (Lipinski definition) is 3. The van der Waals surface area contributed by atoms with Gasteiger partial charge in [-0.3, -0.25) is 9.59 Å². The largest absolute Gasteiger partial charge is 0.295 e. The molecule has 3 nitrogen and oxygen atoms in total. The molecule has 0 bridgehead atoms. The second-order valence-electron chi connectivity index (χ2n) is 9.31. The van der Waals surface area contributed by atoms with Crippen LogP contribution in [0.4, 0.5) is 0 Å². The summed E-state index contributed by atoms with van der Waals surface area (Å²) < 4.78 is 0. The first-order valence-corrected chi connectivity index (χ1v) is 9.54. The smallest absolute Gasteiger partial charge is 0.178 e. The number of carbonyl (C=O) groups excluding carboxylic acids is 2. The van der Waals surface area contributed by atoms with Crippen molar-refractivity contribution in [1.29, 1.82) is 5.26 Å². The third-order valence-corrected chi connectivity index (χ3v) is 7.23. The Morgan fingerprint density at radius 2 is 1.92 bits per heavy atom. The summed E-state index contributed by atoms with van der Waals surface area (Å²) >= 11 is 0. The summed E-state index contributed by atoms with van der Waals surface area (Å²) in [5, 5.41) is 9.50. The highest BCUT2D eigenvalue weighted by molar-refractivity contribution is 6.04. The average molecular weight is 339 g/mol. The monoisotopic (exact) mass is 339 g/mol. The topological polar surface area (TPSA) is 57.9 Å². The number of fused-ring (bicyclic) bond motifs is 3. The molecule has 0 N–H and O–H groups in total. The Bertz CT molecular complexity index is 736. The molecule has 4 atom stereocenters. The molecule has 3 heteroatoms. The van der Waals surface area contributed by atoms with E-state index in [1.54, 1.807) is 0 Å². The standard InChI is InChI=1S/C22H29NO2/c1-6-7-14-11-21(4)9-8-17-20(2,3)19(25)15(13-23)12-22(17,5)18(21)10-16(14)24/h10,12,14,17H,6-9,11H2,1-5H3/t14-,17+,21+,22+/m1/s1. The number of nitrogens with zero attached hydrogens (tertiary/aromatic N) is 1. The first kappa shape index (κ1) is 18.1. The highest BCUT2D eigenvalue weighted by Crippen LogP contribution is 2.64. The molecule has 3 rings (SSSR count). The van der Waals surface area contributed by atoms with Crippen LogP contribution in [-0.2, 0) is 9.59 Å². The van der Waals surface area contributed by atoms with Crippen LogP contribution in [0, 0.1) is 39.4 Å². The SMILES string of the molecule is CCC[C@@H]1C[C@]2(C)CC[C@H]3C(C)(C)C(=O)C(C#N)=C[C@]3(C)C2=CC1=O. The summed E-state index contributed by atoms with van der Waals surface area (Å²) in [6.45, 7) is 10.5. The lowest BCUT2D eigenvalue weighted by molar-refractivity contribution is -0.131. The Morgan fingerprint density at radius 3 is 2.52 bits per heavy atom. The van der Waals surface area contributed by atoms with E-state index < -0.39 is 5.41 Å². The van der Waals surface area contributed by atoms with Crippen LogP contribution in [0.2, 0.25) is 0 Å². The van der Waals surface area contributed by atoms with Crippen LogP contribution in [0.1, 0.15) is 66.7 Å². The van der Waals surface area contributed by atoms with Gasteiger partial charge >= 0.3 is 0 Å². The van der Waals surface area contributed by atoms with Crippen LogP contribution in [0.15, 0.2) is 23.3 Å². The molecule has 0 radical (unpaired) electrons. The fraction of sp³-hybridized carbons (Fsp3) is 0.682. The predicted molar refractivity (Wildman–Crippen MR) is 97.5 cm³/mol. The van der Waals surface area contributed by atoms with Gasteiger partial charge in [-0.2, -0.15) is 5.26 Å². The minimum atomic E-state index is -0.569. The highest BCUT2D eigenvalue weighted by Gasteiger charge is 2.59. The van der Waals surface area contributed by atoms with Gasteiger partial charge in [-0.05, 0) is 43.1 Å². The van der Waals surface area contributed by atoms with E-state index in [2.05, 4.69) is 26.8 Å². The molecule has 0 aromatic rings. The molecule has 134 valence electrons. The highest BCUT2D eigenvalue weighted by atomic mass is 16.1. The fourth-order valence-corrected chi connectivity index (χ4v) is 6.02. The van der Waals surface area contributed by atoms with Crippen LogP contribution in [-0.4, -0.2) is 11.6 Å². The summed E-state index contributed by atoms with van der Waals surface area (Å²) in [7, 11) is 0. The van der Waals surface area contributed by atoms with Crippen molar-refractivity contribution >= 4 is 11.6 Å². The third kappa shape index (κ3) is 2.45. The number of ketones is 2. The van der Waals surface area contributed by atoms with Crippen LogP contribution in [0.25, 0.3) is 0 Å². The van der Waals surface area contributed by atoms with Gasteiger partial charge in [0, 0.05) is 16.7 Å². The summed E-state index contributed by atoms with van der Waals surface area (Å²) in [6, 6.07) is 2.12. The Morgan fingerprint density at radius 1 is 1.24 bits per heavy atom. The minimum Gasteiger partial charge on any atom is -0.295 e. The molecule has 0 saturated heterocycles. The fourth-order valence-electron chi connectivity index (χ4n) is 6.02. The van der Waals surface area contributed by atoms with Gasteiger partial charge < -0.3 is 0 Å². The maximum atomic E-state index is 12.7. The molecular weight excluding hydrogens is 310 g/mol. The number of allylic oxidation sites excluding steroid dienone is 4. The van der Waals surface area contributed by atoms with Gasteiger partial charge in [0.15, 0.2) is 11.6 Å². The molecule has 3 aliphatic carbocycles. The Kier molecular flexibility index (Phi) is 4.10. The van der Waals surface area contributed by atoms with E-state index in [9.17, 15) is 14.9 Å². The first-order valence-electron chi connectivity index (χ1n) is 9.54. The van der Waals surface area contributed by atoms with Crippen molar-refractivity contribution in [3.63, 3.8) is 0 Å². The van der Waals surface area contributed by atoms with Crippen molar-refractivity contribution in [2.75, 3.05) is 0 Å². The predicted octanol–water partition coefficient (Wildman–Crippen LogP) is 4.78. The molecule has 0 spiro atoms. The van der Waals surface area contributed by atoms with Crippen LogP contribution in [0.5, 0.6) is 0 Å². The normalized spacial score (nSPS) is 39.7. The Hall–Kier alpha value is -1.69. The van der Waals surface area contributed by atoms with E-state index in [0.29, 0.717) is 0 Å². The van der Waals surface area contributed by atoms with Crippen molar-refractivity contribution in [1.82, 2.24) is 0 Å². The zero-order chi connectivity index (χ0) is 18.6. The van der Waals surface area contributed by atoms with Gasteiger partial charge in [0.25, 0.3) is 0 Å². The van der Waals surface area contributed by atoms with Crippen LogP contribution < -0.4 is 0 Å². The first-order chi connectivity index (χ1) is 11.6. The van der Waals surface area contributed by atoms with Gasteiger partial charge in [0.1, 0.15) is 6.07 Å².